The molecule has 0 saturated carbocycles. The number of hydrogen-bond acceptors (Lipinski definition) is 2. The number of nitrogens with two attached hydrogens (primary N) is 1. The van der Waals surface area contributed by atoms with Gasteiger partial charge in [0.05, 0.1) is 0 Å². The van der Waals surface area contributed by atoms with Crippen LogP contribution >= 0.6 is 31.9 Å². The maximum Gasteiger partial charge on any atom is 0.343 e. The maximum absolute atomic E-state index is 11.0. The molecule has 0 aromatic heterocycles. The molecule has 1 aliphatic heterocycles. The third kappa shape index (κ3) is 2.05. The Morgan fingerprint density at radius 3 is 2.60 bits per heavy atom. The Morgan fingerprint density at radius 2 is 2.07 bits per heavy atom. The van der Waals surface area contributed by atoms with Crippen LogP contribution in [0.4, 0.5) is 4.79 Å². The van der Waals surface area contributed by atoms with Gasteiger partial charge in [-0.05, 0) is 49.6 Å². The Morgan fingerprint density at radius 1 is 1.33 bits per heavy atom. The summed E-state index contributed by atoms with van der Waals surface area (Å²) in [7, 11) is 0. The summed E-state index contributed by atoms with van der Waals surface area (Å²) in [6.45, 7) is 0. The van der Waals surface area contributed by atoms with Crippen molar-refractivity contribution in [2.75, 3.05) is 0 Å². The van der Waals surface area contributed by atoms with Crippen LogP contribution in [-0.2, 0) is 0 Å². The third-order valence-corrected chi connectivity index (χ3v) is 3.95. The molecule has 1 aliphatic rings. The Balaban J connectivity index is 2.35. The molecule has 1 aromatic carbocycles. The van der Waals surface area contributed by atoms with E-state index in [9.17, 15) is 4.79 Å². The highest BCUT2D eigenvalue weighted by atomic mass is 79.9. The Hall–Kier alpha value is -0.880. The average Bonchev–Trinajstić information content (AvgIpc) is 2.50. The van der Waals surface area contributed by atoms with Crippen molar-refractivity contribution in [2.45, 2.75) is 6.04 Å². The number of nitrogens with one attached hydrogen (secondary N) is 1. The van der Waals surface area contributed by atoms with Crippen LogP contribution in [0, 0.1) is 0 Å². The monoisotopic (exact) mass is 331 g/mol. The summed E-state index contributed by atoms with van der Waals surface area (Å²) in [6.07, 6.45) is 0. The largest absolute Gasteiger partial charge is 0.385 e. The second-order valence-corrected chi connectivity index (χ2v) is 4.80. The number of nitrogens with zero attached hydrogens (tertiary/aromatic N) is 1. The normalized spacial score (nSPS) is 20.0. The molecule has 0 aliphatic carbocycles. The standard InChI is InChI=1S/C9H7Br2N3O/c10-5-2-1-4(3-6(5)11)7-8(12)14-9(15)13-7/h1-3,7H,(H3,12,13,14,15). The molecule has 3 N–H and O–H groups in total. The highest BCUT2D eigenvalue weighted by Crippen LogP contribution is 2.27. The smallest absolute Gasteiger partial charge is 0.343 e. The van der Waals surface area contributed by atoms with E-state index in [1.54, 1.807) is 0 Å². The molecule has 0 radical (unpaired) electrons. The molecule has 1 aromatic rings. The molecular formula is C9H7Br2N3O. The van der Waals surface area contributed by atoms with Gasteiger partial charge < -0.3 is 11.1 Å². The van der Waals surface area contributed by atoms with Crippen LogP contribution in [-0.4, -0.2) is 11.9 Å². The zero-order chi connectivity index (χ0) is 11.0. The summed E-state index contributed by atoms with van der Waals surface area (Å²) in [4.78, 5) is 14.6. The molecule has 6 heteroatoms. The van der Waals surface area contributed by atoms with E-state index in [0.717, 1.165) is 14.5 Å². The fourth-order valence-corrected chi connectivity index (χ4v) is 2.00. The molecule has 0 saturated heterocycles. The van der Waals surface area contributed by atoms with Gasteiger partial charge in [0.1, 0.15) is 11.9 Å². The molecule has 78 valence electrons. The van der Waals surface area contributed by atoms with Gasteiger partial charge in [0, 0.05) is 8.95 Å². The number of halogens is 2. The van der Waals surface area contributed by atoms with Crippen molar-refractivity contribution in [1.82, 2.24) is 5.32 Å². The van der Waals surface area contributed by atoms with Gasteiger partial charge in [0.25, 0.3) is 0 Å². The fourth-order valence-electron chi connectivity index (χ4n) is 1.36. The van der Waals surface area contributed by atoms with Crippen molar-refractivity contribution >= 4 is 43.7 Å². The van der Waals surface area contributed by atoms with Crippen molar-refractivity contribution in [3.05, 3.63) is 32.7 Å². The van der Waals surface area contributed by atoms with Crippen molar-refractivity contribution in [1.29, 1.82) is 0 Å². The molecule has 2 rings (SSSR count). The minimum Gasteiger partial charge on any atom is -0.385 e. The van der Waals surface area contributed by atoms with Crippen LogP contribution < -0.4 is 11.1 Å². The summed E-state index contributed by atoms with van der Waals surface area (Å²) < 4.78 is 1.86. The Labute approximate surface area is 103 Å². The van der Waals surface area contributed by atoms with E-state index < -0.39 is 6.03 Å². The van der Waals surface area contributed by atoms with Crippen LogP contribution in [0.3, 0.4) is 0 Å². The number of rotatable bonds is 1. The maximum atomic E-state index is 11.0. The third-order valence-electron chi connectivity index (χ3n) is 2.07. The molecule has 4 nitrogen and oxygen atoms in total. The highest BCUT2D eigenvalue weighted by molar-refractivity contribution is 9.13. The number of hydrogen-bond donors (Lipinski definition) is 2. The van der Waals surface area contributed by atoms with E-state index in [1.165, 1.54) is 0 Å². The Bertz CT molecular complexity index is 459. The molecule has 1 atom stereocenters. The highest BCUT2D eigenvalue weighted by Gasteiger charge is 2.25. The summed E-state index contributed by atoms with van der Waals surface area (Å²) in [6, 6.07) is 4.95. The molecule has 1 unspecified atom stereocenters. The lowest BCUT2D eigenvalue weighted by molar-refractivity contribution is 0.250. The summed E-state index contributed by atoms with van der Waals surface area (Å²) in [5.41, 5.74) is 6.53. The number of aliphatic imine (C=N–C) groups is 1. The molecule has 0 bridgehead atoms. The quantitative estimate of drug-likeness (QED) is 0.828. The average molecular weight is 333 g/mol. The molecular weight excluding hydrogens is 326 g/mol. The van der Waals surface area contributed by atoms with Gasteiger partial charge in [-0.25, -0.2) is 4.79 Å². The fraction of sp³-hybridized carbons (Fsp3) is 0.111. The predicted octanol–water partition coefficient (Wildman–Crippen LogP) is 2.33. The lowest BCUT2D eigenvalue weighted by atomic mass is 10.1. The second kappa shape index (κ2) is 3.94. The van der Waals surface area contributed by atoms with Crippen LogP contribution in [0.2, 0.25) is 0 Å². The van der Waals surface area contributed by atoms with E-state index in [1.807, 2.05) is 18.2 Å². The van der Waals surface area contributed by atoms with Crippen molar-refractivity contribution < 1.29 is 4.79 Å². The number of benzene rings is 1. The number of amides is 2. The van der Waals surface area contributed by atoms with Crippen LogP contribution in [0.25, 0.3) is 0 Å². The van der Waals surface area contributed by atoms with Crippen molar-refractivity contribution in [2.24, 2.45) is 10.7 Å². The van der Waals surface area contributed by atoms with E-state index in [4.69, 9.17) is 5.73 Å². The SMILES string of the molecule is NC1=NC(=O)NC1c1ccc(Br)c(Br)c1. The summed E-state index contributed by atoms with van der Waals surface area (Å²) in [5, 5.41) is 2.66. The van der Waals surface area contributed by atoms with Gasteiger partial charge in [-0.15, -0.1) is 0 Å². The predicted molar refractivity (Wildman–Crippen MR) is 64.7 cm³/mol. The van der Waals surface area contributed by atoms with Gasteiger partial charge in [-0.2, -0.15) is 4.99 Å². The van der Waals surface area contributed by atoms with Crippen LogP contribution in [0.15, 0.2) is 32.1 Å². The molecule has 1 heterocycles. The first-order valence-corrected chi connectivity index (χ1v) is 5.76. The first kappa shape index (κ1) is 10.6. The zero-order valence-corrected chi connectivity index (χ0v) is 10.7. The first-order valence-electron chi connectivity index (χ1n) is 4.17. The topological polar surface area (TPSA) is 67.5 Å². The molecule has 0 fully saturated rings. The van der Waals surface area contributed by atoms with Crippen LogP contribution in [0.5, 0.6) is 0 Å². The zero-order valence-electron chi connectivity index (χ0n) is 7.50. The van der Waals surface area contributed by atoms with E-state index >= 15 is 0 Å². The van der Waals surface area contributed by atoms with E-state index in [0.29, 0.717) is 5.84 Å². The molecule has 0 spiro atoms. The van der Waals surface area contributed by atoms with Crippen LogP contribution in [0.1, 0.15) is 11.6 Å². The molecule has 15 heavy (non-hydrogen) atoms. The Kier molecular flexibility index (Phi) is 2.79. The van der Waals surface area contributed by atoms with Gasteiger partial charge in [0.15, 0.2) is 0 Å². The lowest BCUT2D eigenvalue weighted by Gasteiger charge is -2.11. The van der Waals surface area contributed by atoms with Crippen molar-refractivity contribution in [3.8, 4) is 0 Å². The summed E-state index contributed by atoms with van der Waals surface area (Å²) in [5.74, 6) is 0.300. The number of carbonyl (C=O) groups is 1. The second-order valence-electron chi connectivity index (χ2n) is 3.09. The molecule has 2 amide bonds. The van der Waals surface area contributed by atoms with Crippen molar-refractivity contribution in [3.63, 3.8) is 0 Å². The number of urea groups is 1. The first-order chi connectivity index (χ1) is 7.08. The van der Waals surface area contributed by atoms with E-state index in [-0.39, 0.29) is 6.04 Å². The summed E-state index contributed by atoms with van der Waals surface area (Å²) >= 11 is 6.76. The number of amidine groups is 1. The lowest BCUT2D eigenvalue weighted by Crippen LogP contribution is -2.27. The van der Waals surface area contributed by atoms with Gasteiger partial charge >= 0.3 is 6.03 Å². The minimum atomic E-state index is -0.392. The minimum absolute atomic E-state index is 0.300. The van der Waals surface area contributed by atoms with Gasteiger partial charge in [0.2, 0.25) is 0 Å². The van der Waals surface area contributed by atoms with E-state index in [2.05, 4.69) is 42.2 Å². The van der Waals surface area contributed by atoms with Gasteiger partial charge in [-0.1, -0.05) is 6.07 Å². The van der Waals surface area contributed by atoms with Gasteiger partial charge in [-0.3, -0.25) is 0 Å². The number of carbonyl (C=O) groups excluding carboxylic acids is 1.